The Morgan fingerprint density at radius 3 is 2.67 bits per heavy atom. The molecule has 0 spiro atoms. The van der Waals surface area contributed by atoms with E-state index in [1.54, 1.807) is 7.11 Å². The summed E-state index contributed by atoms with van der Waals surface area (Å²) in [7, 11) is 3.85. The molecule has 0 bridgehead atoms. The van der Waals surface area contributed by atoms with Crippen molar-refractivity contribution in [1.82, 2.24) is 4.90 Å². The van der Waals surface area contributed by atoms with Crippen LogP contribution in [0.5, 0.6) is 0 Å². The average molecular weight is 174 g/mol. The Labute approximate surface area is 75.9 Å². The number of hydrogen-bond donors (Lipinski definition) is 1. The van der Waals surface area contributed by atoms with Gasteiger partial charge in [0.05, 0.1) is 6.61 Å². The predicted octanol–water partition coefficient (Wildman–Crippen LogP) is 0.550. The molecule has 2 N–H and O–H groups in total. The van der Waals surface area contributed by atoms with E-state index >= 15 is 0 Å². The van der Waals surface area contributed by atoms with Crippen LogP contribution in [0, 0.1) is 5.92 Å². The molecular formula is C9H22N2O. The fourth-order valence-electron chi connectivity index (χ4n) is 1.25. The Balaban J connectivity index is 3.33. The first kappa shape index (κ1) is 11.9. The maximum Gasteiger partial charge on any atom is 0.0589 e. The Kier molecular flexibility index (Phi) is 7.45. The predicted molar refractivity (Wildman–Crippen MR) is 52.2 cm³/mol. The van der Waals surface area contributed by atoms with Crippen molar-refractivity contribution >= 4 is 0 Å². The zero-order valence-corrected chi connectivity index (χ0v) is 8.55. The molecule has 0 aromatic rings. The Hall–Kier alpha value is -0.120. The van der Waals surface area contributed by atoms with Gasteiger partial charge in [-0.3, -0.25) is 0 Å². The summed E-state index contributed by atoms with van der Waals surface area (Å²) in [5.41, 5.74) is 5.46. The van der Waals surface area contributed by atoms with Crippen molar-refractivity contribution in [3.05, 3.63) is 0 Å². The molecule has 0 aliphatic carbocycles. The first-order chi connectivity index (χ1) is 5.70. The van der Waals surface area contributed by atoms with E-state index in [1.807, 2.05) is 0 Å². The molecule has 0 aromatic carbocycles. The second-order valence-corrected chi connectivity index (χ2v) is 3.44. The molecule has 0 rings (SSSR count). The van der Waals surface area contributed by atoms with Crippen LogP contribution in [0.25, 0.3) is 0 Å². The molecule has 0 aliphatic rings. The van der Waals surface area contributed by atoms with Crippen LogP contribution < -0.4 is 5.73 Å². The van der Waals surface area contributed by atoms with Gasteiger partial charge in [-0.2, -0.15) is 0 Å². The molecule has 12 heavy (non-hydrogen) atoms. The average Bonchev–Trinajstić information content (AvgIpc) is 2.01. The largest absolute Gasteiger partial charge is 0.383 e. The number of likely N-dealkylation sites (N-methyl/N-ethyl adjacent to an activating group) is 1. The van der Waals surface area contributed by atoms with Gasteiger partial charge in [0, 0.05) is 20.2 Å². The third-order valence-electron chi connectivity index (χ3n) is 1.96. The molecule has 0 saturated carbocycles. The molecule has 0 saturated heterocycles. The SMILES string of the molecule is COCCN(C)CC(C)CCN. The highest BCUT2D eigenvalue weighted by atomic mass is 16.5. The van der Waals surface area contributed by atoms with Gasteiger partial charge in [-0.05, 0) is 25.9 Å². The Bertz CT molecular complexity index is 98.5. The fraction of sp³-hybridized carbons (Fsp3) is 1.00. The number of hydrogen-bond acceptors (Lipinski definition) is 3. The van der Waals surface area contributed by atoms with Crippen LogP contribution in [0.1, 0.15) is 13.3 Å². The first-order valence-electron chi connectivity index (χ1n) is 4.58. The number of ether oxygens (including phenoxy) is 1. The van der Waals surface area contributed by atoms with Crippen LogP contribution in [0.15, 0.2) is 0 Å². The van der Waals surface area contributed by atoms with Gasteiger partial charge >= 0.3 is 0 Å². The number of methoxy groups -OCH3 is 1. The highest BCUT2D eigenvalue weighted by Crippen LogP contribution is 2.01. The van der Waals surface area contributed by atoms with E-state index in [0.29, 0.717) is 5.92 Å². The molecule has 3 heteroatoms. The lowest BCUT2D eigenvalue weighted by molar-refractivity contribution is 0.153. The summed E-state index contributed by atoms with van der Waals surface area (Å²) in [6.07, 6.45) is 1.11. The second-order valence-electron chi connectivity index (χ2n) is 3.44. The summed E-state index contributed by atoms with van der Waals surface area (Å²) in [6, 6.07) is 0. The number of nitrogens with zero attached hydrogens (tertiary/aromatic N) is 1. The number of nitrogens with two attached hydrogens (primary N) is 1. The third kappa shape index (κ3) is 6.58. The minimum atomic E-state index is 0.692. The maximum atomic E-state index is 5.46. The highest BCUT2D eigenvalue weighted by molar-refractivity contribution is 4.59. The van der Waals surface area contributed by atoms with Gasteiger partial charge < -0.3 is 15.4 Å². The summed E-state index contributed by atoms with van der Waals surface area (Å²) in [5, 5.41) is 0. The van der Waals surface area contributed by atoms with Crippen molar-refractivity contribution in [3.63, 3.8) is 0 Å². The van der Waals surface area contributed by atoms with E-state index in [4.69, 9.17) is 10.5 Å². The molecular weight excluding hydrogens is 152 g/mol. The van der Waals surface area contributed by atoms with Gasteiger partial charge in [0.1, 0.15) is 0 Å². The minimum Gasteiger partial charge on any atom is -0.383 e. The lowest BCUT2D eigenvalue weighted by Gasteiger charge is -2.20. The Morgan fingerprint density at radius 1 is 1.50 bits per heavy atom. The van der Waals surface area contributed by atoms with Gasteiger partial charge in [-0.25, -0.2) is 0 Å². The summed E-state index contributed by atoms with van der Waals surface area (Å²) >= 11 is 0. The quantitative estimate of drug-likeness (QED) is 0.612. The smallest absolute Gasteiger partial charge is 0.0589 e. The van der Waals surface area contributed by atoms with Crippen molar-refractivity contribution in [2.24, 2.45) is 11.7 Å². The van der Waals surface area contributed by atoms with Crippen LogP contribution in [-0.2, 0) is 4.74 Å². The number of rotatable bonds is 7. The van der Waals surface area contributed by atoms with E-state index < -0.39 is 0 Å². The van der Waals surface area contributed by atoms with Crippen molar-refractivity contribution in [2.75, 3.05) is 40.4 Å². The third-order valence-corrected chi connectivity index (χ3v) is 1.96. The zero-order chi connectivity index (χ0) is 9.40. The van der Waals surface area contributed by atoms with Gasteiger partial charge in [-0.15, -0.1) is 0 Å². The normalized spacial score (nSPS) is 13.8. The van der Waals surface area contributed by atoms with Crippen molar-refractivity contribution in [2.45, 2.75) is 13.3 Å². The van der Waals surface area contributed by atoms with E-state index in [9.17, 15) is 0 Å². The highest BCUT2D eigenvalue weighted by Gasteiger charge is 2.04. The summed E-state index contributed by atoms with van der Waals surface area (Å²) in [4.78, 5) is 2.28. The topological polar surface area (TPSA) is 38.5 Å². The van der Waals surface area contributed by atoms with Gasteiger partial charge in [0.25, 0.3) is 0 Å². The molecule has 1 unspecified atom stereocenters. The fourth-order valence-corrected chi connectivity index (χ4v) is 1.25. The van der Waals surface area contributed by atoms with E-state index in [1.165, 1.54) is 0 Å². The lowest BCUT2D eigenvalue weighted by Crippen LogP contribution is -2.28. The maximum absolute atomic E-state index is 5.46. The lowest BCUT2D eigenvalue weighted by atomic mass is 10.1. The monoisotopic (exact) mass is 174 g/mol. The van der Waals surface area contributed by atoms with Crippen molar-refractivity contribution in [1.29, 1.82) is 0 Å². The van der Waals surface area contributed by atoms with Gasteiger partial charge in [-0.1, -0.05) is 6.92 Å². The van der Waals surface area contributed by atoms with Crippen LogP contribution >= 0.6 is 0 Å². The summed E-state index contributed by atoms with van der Waals surface area (Å²) in [5.74, 6) is 0.692. The molecule has 0 aromatic heterocycles. The standard InChI is InChI=1S/C9H22N2O/c1-9(4-5-10)8-11(2)6-7-12-3/h9H,4-8,10H2,1-3H3. The zero-order valence-electron chi connectivity index (χ0n) is 8.55. The molecule has 0 aliphatic heterocycles. The summed E-state index contributed by atoms with van der Waals surface area (Å²) < 4.78 is 4.99. The van der Waals surface area contributed by atoms with Crippen LogP contribution in [0.3, 0.4) is 0 Å². The van der Waals surface area contributed by atoms with Gasteiger partial charge in [0.2, 0.25) is 0 Å². The molecule has 0 amide bonds. The van der Waals surface area contributed by atoms with E-state index in [-0.39, 0.29) is 0 Å². The second kappa shape index (κ2) is 7.53. The molecule has 74 valence electrons. The minimum absolute atomic E-state index is 0.692. The first-order valence-corrected chi connectivity index (χ1v) is 4.58. The van der Waals surface area contributed by atoms with Crippen molar-refractivity contribution in [3.8, 4) is 0 Å². The van der Waals surface area contributed by atoms with Crippen molar-refractivity contribution < 1.29 is 4.74 Å². The van der Waals surface area contributed by atoms with E-state index in [2.05, 4.69) is 18.9 Å². The Morgan fingerprint density at radius 2 is 2.17 bits per heavy atom. The molecule has 0 radical (unpaired) electrons. The molecule has 0 heterocycles. The van der Waals surface area contributed by atoms with E-state index in [0.717, 1.165) is 32.7 Å². The van der Waals surface area contributed by atoms with Crippen LogP contribution in [0.2, 0.25) is 0 Å². The molecule has 1 atom stereocenters. The van der Waals surface area contributed by atoms with Crippen LogP contribution in [-0.4, -0.2) is 45.3 Å². The van der Waals surface area contributed by atoms with Gasteiger partial charge in [0.15, 0.2) is 0 Å². The molecule has 3 nitrogen and oxygen atoms in total. The molecule has 0 fully saturated rings. The summed E-state index contributed by atoms with van der Waals surface area (Å²) in [6.45, 7) is 5.95. The van der Waals surface area contributed by atoms with Crippen LogP contribution in [0.4, 0.5) is 0 Å².